The summed E-state index contributed by atoms with van der Waals surface area (Å²) in [6.07, 6.45) is 3.58. The molecule has 3 nitrogen and oxygen atoms in total. The third-order valence-corrected chi connectivity index (χ3v) is 11.1. The summed E-state index contributed by atoms with van der Waals surface area (Å²) in [5, 5.41) is 0. The van der Waals surface area contributed by atoms with Crippen LogP contribution < -0.4 is 0 Å². The SMILES string of the molecule is C[Si](C)(C)O[SiH](O[Si](C)(C)C)C1CCCCO1. The van der Waals surface area contributed by atoms with Gasteiger partial charge < -0.3 is 13.0 Å². The molecule has 0 radical (unpaired) electrons. The Balaban J connectivity index is 2.63. The maximum atomic E-state index is 6.32. The van der Waals surface area contributed by atoms with Crippen molar-refractivity contribution in [2.24, 2.45) is 0 Å². The van der Waals surface area contributed by atoms with Crippen molar-refractivity contribution in [1.29, 1.82) is 0 Å². The van der Waals surface area contributed by atoms with Crippen molar-refractivity contribution in [3.05, 3.63) is 0 Å². The van der Waals surface area contributed by atoms with Gasteiger partial charge in [0.1, 0.15) is 0 Å². The van der Waals surface area contributed by atoms with E-state index < -0.39 is 25.9 Å². The summed E-state index contributed by atoms with van der Waals surface area (Å²) in [7, 11) is -4.71. The Kier molecular flexibility index (Phi) is 5.61. The van der Waals surface area contributed by atoms with E-state index in [9.17, 15) is 0 Å². The molecular formula is C11H28O3Si3. The quantitative estimate of drug-likeness (QED) is 0.729. The summed E-state index contributed by atoms with van der Waals surface area (Å²) >= 11 is 0. The first-order chi connectivity index (χ1) is 7.67. The number of hydrogen-bond acceptors (Lipinski definition) is 3. The van der Waals surface area contributed by atoms with E-state index in [0.717, 1.165) is 13.0 Å². The van der Waals surface area contributed by atoms with Gasteiger partial charge in [-0.3, -0.25) is 0 Å². The van der Waals surface area contributed by atoms with Gasteiger partial charge in [0, 0.05) is 6.61 Å². The van der Waals surface area contributed by atoms with Gasteiger partial charge in [0.25, 0.3) is 0 Å². The highest BCUT2D eigenvalue weighted by Gasteiger charge is 2.36. The van der Waals surface area contributed by atoms with Crippen molar-refractivity contribution < 1.29 is 13.0 Å². The predicted molar refractivity (Wildman–Crippen MR) is 79.6 cm³/mol. The normalized spacial score (nSPS) is 23.1. The van der Waals surface area contributed by atoms with Crippen LogP contribution in [-0.4, -0.2) is 38.3 Å². The van der Waals surface area contributed by atoms with E-state index in [1.54, 1.807) is 0 Å². The van der Waals surface area contributed by atoms with E-state index in [4.69, 9.17) is 13.0 Å². The zero-order valence-corrected chi connectivity index (χ0v) is 15.4. The molecule has 1 aliphatic heterocycles. The summed E-state index contributed by atoms with van der Waals surface area (Å²) < 4.78 is 18.5. The maximum absolute atomic E-state index is 6.32. The third kappa shape index (κ3) is 6.88. The monoisotopic (exact) mass is 292 g/mol. The van der Waals surface area contributed by atoms with Gasteiger partial charge in [-0.1, -0.05) is 0 Å². The van der Waals surface area contributed by atoms with Crippen LogP contribution in [0.2, 0.25) is 39.3 Å². The molecule has 1 aliphatic rings. The molecule has 1 rings (SSSR count). The van der Waals surface area contributed by atoms with Crippen molar-refractivity contribution in [3.8, 4) is 0 Å². The van der Waals surface area contributed by atoms with E-state index in [2.05, 4.69) is 39.3 Å². The second-order valence-electron chi connectivity index (χ2n) is 6.73. The van der Waals surface area contributed by atoms with Crippen molar-refractivity contribution in [2.45, 2.75) is 64.3 Å². The van der Waals surface area contributed by atoms with Crippen molar-refractivity contribution in [1.82, 2.24) is 0 Å². The molecule has 1 unspecified atom stereocenters. The smallest absolute Gasteiger partial charge is 0.330 e. The van der Waals surface area contributed by atoms with Gasteiger partial charge in [-0.05, 0) is 58.5 Å². The van der Waals surface area contributed by atoms with Gasteiger partial charge in [0.05, 0.1) is 5.73 Å². The summed E-state index contributed by atoms with van der Waals surface area (Å²) in [6.45, 7) is 14.3. The average molecular weight is 293 g/mol. The van der Waals surface area contributed by atoms with Crippen LogP contribution in [0.15, 0.2) is 0 Å². The summed E-state index contributed by atoms with van der Waals surface area (Å²) in [4.78, 5) is 0. The summed E-state index contributed by atoms with van der Waals surface area (Å²) in [5.41, 5.74) is 0.280. The lowest BCUT2D eigenvalue weighted by atomic mass is 10.2. The molecule has 0 aliphatic carbocycles. The molecule has 0 aromatic heterocycles. The van der Waals surface area contributed by atoms with E-state index in [1.165, 1.54) is 12.8 Å². The van der Waals surface area contributed by atoms with Crippen LogP contribution >= 0.6 is 0 Å². The van der Waals surface area contributed by atoms with Crippen molar-refractivity contribution >= 4 is 25.9 Å². The van der Waals surface area contributed by atoms with E-state index >= 15 is 0 Å². The van der Waals surface area contributed by atoms with Gasteiger partial charge in [0.2, 0.25) is 0 Å². The molecule has 0 N–H and O–H groups in total. The lowest BCUT2D eigenvalue weighted by Crippen LogP contribution is -2.51. The first kappa shape index (κ1) is 15.6. The Labute approximate surface area is 110 Å². The van der Waals surface area contributed by atoms with E-state index in [0.29, 0.717) is 0 Å². The molecule has 6 heteroatoms. The molecule has 0 aromatic rings. The molecule has 1 atom stereocenters. The van der Waals surface area contributed by atoms with Crippen LogP contribution in [0.5, 0.6) is 0 Å². The second kappa shape index (κ2) is 6.12. The Morgan fingerprint density at radius 2 is 1.47 bits per heavy atom. The number of ether oxygens (including phenoxy) is 1. The highest BCUT2D eigenvalue weighted by molar-refractivity contribution is 6.81. The third-order valence-electron chi connectivity index (χ3n) is 2.46. The van der Waals surface area contributed by atoms with Gasteiger partial charge in [-0.25, -0.2) is 0 Å². The molecule has 1 saturated heterocycles. The lowest BCUT2D eigenvalue weighted by Gasteiger charge is -2.36. The number of hydrogen-bond donors (Lipinski definition) is 0. The zero-order valence-electron chi connectivity index (χ0n) is 12.2. The molecule has 0 saturated carbocycles. The predicted octanol–water partition coefficient (Wildman–Crippen LogP) is 3.02. The average Bonchev–Trinajstić information content (AvgIpc) is 2.14. The van der Waals surface area contributed by atoms with Crippen LogP contribution in [0.3, 0.4) is 0 Å². The van der Waals surface area contributed by atoms with Crippen LogP contribution in [0.4, 0.5) is 0 Å². The molecule has 17 heavy (non-hydrogen) atoms. The summed E-state index contributed by atoms with van der Waals surface area (Å²) in [6, 6.07) is 0. The van der Waals surface area contributed by atoms with Crippen LogP contribution in [-0.2, 0) is 13.0 Å². The molecular weight excluding hydrogens is 264 g/mol. The van der Waals surface area contributed by atoms with Crippen molar-refractivity contribution in [2.75, 3.05) is 6.61 Å². The maximum Gasteiger partial charge on any atom is 0.330 e. The largest absolute Gasteiger partial charge is 0.437 e. The van der Waals surface area contributed by atoms with E-state index in [-0.39, 0.29) is 5.73 Å². The highest BCUT2D eigenvalue weighted by Crippen LogP contribution is 2.21. The topological polar surface area (TPSA) is 27.7 Å². The van der Waals surface area contributed by atoms with Crippen LogP contribution in [0.25, 0.3) is 0 Å². The fraction of sp³-hybridized carbons (Fsp3) is 1.00. The Morgan fingerprint density at radius 3 is 1.82 bits per heavy atom. The number of rotatable bonds is 5. The van der Waals surface area contributed by atoms with E-state index in [1.807, 2.05) is 0 Å². The van der Waals surface area contributed by atoms with Gasteiger partial charge in [0.15, 0.2) is 16.6 Å². The molecule has 0 aromatic carbocycles. The second-order valence-corrected chi connectivity index (χ2v) is 18.5. The minimum Gasteiger partial charge on any atom is -0.437 e. The first-order valence-corrected chi connectivity index (χ1v) is 15.1. The fourth-order valence-corrected chi connectivity index (χ4v) is 10.1. The standard InChI is InChI=1S/C11H28O3Si3/c1-16(2,3)13-15(14-17(4,5)6)11-9-7-8-10-12-11/h11,15H,7-10H2,1-6H3. The molecule has 0 spiro atoms. The Morgan fingerprint density at radius 1 is 0.941 bits per heavy atom. The molecule has 0 bridgehead atoms. The Bertz CT molecular complexity index is 213. The first-order valence-electron chi connectivity index (χ1n) is 6.65. The van der Waals surface area contributed by atoms with Crippen LogP contribution in [0, 0.1) is 0 Å². The molecule has 102 valence electrons. The lowest BCUT2D eigenvalue weighted by molar-refractivity contribution is 0.0459. The van der Waals surface area contributed by atoms with Gasteiger partial charge in [-0.2, -0.15) is 0 Å². The summed E-state index contributed by atoms with van der Waals surface area (Å²) in [5.74, 6) is 0. The molecule has 0 amide bonds. The van der Waals surface area contributed by atoms with Gasteiger partial charge in [-0.15, -0.1) is 0 Å². The highest BCUT2D eigenvalue weighted by atomic mass is 28.4. The molecule has 1 heterocycles. The minimum absolute atomic E-state index is 0.280. The Hall–Kier alpha value is 0.531. The van der Waals surface area contributed by atoms with Gasteiger partial charge >= 0.3 is 9.28 Å². The fourth-order valence-electron chi connectivity index (χ4n) is 1.85. The molecule has 1 fully saturated rings. The zero-order chi connectivity index (χ0) is 13.1. The van der Waals surface area contributed by atoms with Crippen LogP contribution in [0.1, 0.15) is 19.3 Å². The van der Waals surface area contributed by atoms with Crippen molar-refractivity contribution in [3.63, 3.8) is 0 Å². The minimum atomic E-state index is -1.66.